The fourth-order valence-corrected chi connectivity index (χ4v) is 3.04. The Kier molecular flexibility index (Phi) is 6.08. The first-order chi connectivity index (χ1) is 10.6. The third-order valence-electron chi connectivity index (χ3n) is 3.34. The first-order valence-corrected chi connectivity index (χ1v) is 8.59. The molecule has 0 bridgehead atoms. The van der Waals surface area contributed by atoms with Crippen LogP contribution in [0, 0.1) is 0 Å². The molecule has 22 heavy (non-hydrogen) atoms. The van der Waals surface area contributed by atoms with Crippen LogP contribution in [0.25, 0.3) is 0 Å². The van der Waals surface area contributed by atoms with Crippen molar-refractivity contribution in [1.82, 2.24) is 5.32 Å². The predicted molar refractivity (Wildman–Crippen MR) is 94.4 cm³/mol. The zero-order valence-electron chi connectivity index (χ0n) is 13.4. The van der Waals surface area contributed by atoms with Gasteiger partial charge in [-0.1, -0.05) is 45.0 Å². The quantitative estimate of drug-likeness (QED) is 0.785. The molecule has 116 valence electrons. The van der Waals surface area contributed by atoms with Crippen molar-refractivity contribution in [2.45, 2.75) is 43.9 Å². The summed E-state index contributed by atoms with van der Waals surface area (Å²) in [5, 5.41) is 3.53. The highest BCUT2D eigenvalue weighted by atomic mass is 32.2. The van der Waals surface area contributed by atoms with Crippen LogP contribution < -0.4 is 5.32 Å². The van der Waals surface area contributed by atoms with Gasteiger partial charge < -0.3 is 5.32 Å². The van der Waals surface area contributed by atoms with Crippen molar-refractivity contribution in [3.63, 3.8) is 0 Å². The highest BCUT2D eigenvalue weighted by Gasteiger charge is 2.06. The molecule has 0 unspecified atom stereocenters. The number of thioether (sulfide) groups is 1. The number of benzene rings is 2. The molecule has 0 saturated heterocycles. The molecule has 0 aliphatic carbocycles. The summed E-state index contributed by atoms with van der Waals surface area (Å²) in [4.78, 5) is 13.4. The minimum atomic E-state index is -0.0250. The Morgan fingerprint density at radius 1 is 1.09 bits per heavy atom. The van der Waals surface area contributed by atoms with E-state index in [4.69, 9.17) is 0 Å². The molecule has 0 fully saturated rings. The SMILES string of the molecule is CCc1cccc(CNC(=O)c2ccc(SC(C)C)cc2)c1. The van der Waals surface area contributed by atoms with Crippen molar-refractivity contribution in [1.29, 1.82) is 0 Å². The minimum Gasteiger partial charge on any atom is -0.348 e. The summed E-state index contributed by atoms with van der Waals surface area (Å²) < 4.78 is 0. The highest BCUT2D eigenvalue weighted by molar-refractivity contribution is 7.99. The molecule has 1 amide bonds. The van der Waals surface area contributed by atoms with E-state index in [1.807, 2.05) is 36.4 Å². The van der Waals surface area contributed by atoms with E-state index in [-0.39, 0.29) is 5.91 Å². The van der Waals surface area contributed by atoms with Gasteiger partial charge in [0.1, 0.15) is 0 Å². The molecule has 0 aromatic heterocycles. The van der Waals surface area contributed by atoms with Crippen LogP contribution in [0.5, 0.6) is 0 Å². The summed E-state index contributed by atoms with van der Waals surface area (Å²) in [5.41, 5.74) is 3.14. The molecule has 2 aromatic rings. The van der Waals surface area contributed by atoms with E-state index >= 15 is 0 Å². The summed E-state index contributed by atoms with van der Waals surface area (Å²) in [7, 11) is 0. The second-order valence-corrected chi connectivity index (χ2v) is 7.20. The van der Waals surface area contributed by atoms with Gasteiger partial charge in [-0.2, -0.15) is 0 Å². The number of hydrogen-bond acceptors (Lipinski definition) is 2. The Morgan fingerprint density at radius 3 is 2.41 bits per heavy atom. The van der Waals surface area contributed by atoms with E-state index in [0.29, 0.717) is 17.4 Å². The smallest absolute Gasteiger partial charge is 0.251 e. The monoisotopic (exact) mass is 313 g/mol. The van der Waals surface area contributed by atoms with Gasteiger partial charge in [-0.15, -0.1) is 11.8 Å². The second kappa shape index (κ2) is 8.04. The van der Waals surface area contributed by atoms with Crippen molar-refractivity contribution in [2.24, 2.45) is 0 Å². The maximum absolute atomic E-state index is 12.2. The third kappa shape index (κ3) is 4.92. The lowest BCUT2D eigenvalue weighted by atomic mass is 10.1. The van der Waals surface area contributed by atoms with Gasteiger partial charge in [-0.25, -0.2) is 0 Å². The van der Waals surface area contributed by atoms with Crippen LogP contribution in [0.2, 0.25) is 0 Å². The zero-order chi connectivity index (χ0) is 15.9. The van der Waals surface area contributed by atoms with E-state index in [1.54, 1.807) is 11.8 Å². The number of hydrogen-bond donors (Lipinski definition) is 1. The van der Waals surface area contributed by atoms with Crippen molar-refractivity contribution < 1.29 is 4.79 Å². The predicted octanol–water partition coefficient (Wildman–Crippen LogP) is 4.68. The molecule has 2 rings (SSSR count). The van der Waals surface area contributed by atoms with Crippen LogP contribution in [-0.4, -0.2) is 11.2 Å². The number of aryl methyl sites for hydroxylation is 1. The van der Waals surface area contributed by atoms with Crippen LogP contribution >= 0.6 is 11.8 Å². The summed E-state index contributed by atoms with van der Waals surface area (Å²) in [6, 6.07) is 16.1. The first-order valence-electron chi connectivity index (χ1n) is 7.71. The molecule has 3 heteroatoms. The number of nitrogens with one attached hydrogen (secondary N) is 1. The Morgan fingerprint density at radius 2 is 1.77 bits per heavy atom. The van der Waals surface area contributed by atoms with Crippen LogP contribution in [-0.2, 0) is 13.0 Å². The second-order valence-electron chi connectivity index (χ2n) is 5.55. The lowest BCUT2D eigenvalue weighted by molar-refractivity contribution is 0.0951. The molecule has 0 aliphatic heterocycles. The maximum Gasteiger partial charge on any atom is 0.251 e. The Labute approximate surface area is 137 Å². The number of rotatable bonds is 6. The van der Waals surface area contributed by atoms with Crippen molar-refractivity contribution in [2.75, 3.05) is 0 Å². The fourth-order valence-electron chi connectivity index (χ4n) is 2.20. The van der Waals surface area contributed by atoms with Gasteiger partial charge in [-0.3, -0.25) is 4.79 Å². The number of carbonyl (C=O) groups excluding carboxylic acids is 1. The van der Waals surface area contributed by atoms with Gasteiger partial charge in [0.2, 0.25) is 0 Å². The van der Waals surface area contributed by atoms with Crippen molar-refractivity contribution in [3.05, 3.63) is 65.2 Å². The molecule has 0 atom stereocenters. The lowest BCUT2D eigenvalue weighted by Gasteiger charge is -2.08. The molecule has 0 saturated carbocycles. The van der Waals surface area contributed by atoms with Crippen LogP contribution in [0.15, 0.2) is 53.4 Å². The largest absolute Gasteiger partial charge is 0.348 e. The molecule has 2 nitrogen and oxygen atoms in total. The average Bonchev–Trinajstić information content (AvgIpc) is 2.53. The third-order valence-corrected chi connectivity index (χ3v) is 4.36. The topological polar surface area (TPSA) is 29.1 Å². The van der Waals surface area contributed by atoms with Crippen LogP contribution in [0.4, 0.5) is 0 Å². The lowest BCUT2D eigenvalue weighted by Crippen LogP contribution is -2.22. The summed E-state index contributed by atoms with van der Waals surface area (Å²) in [6.45, 7) is 7.02. The first kappa shape index (κ1) is 16.6. The Bertz CT molecular complexity index is 620. The van der Waals surface area contributed by atoms with Crippen LogP contribution in [0.1, 0.15) is 42.3 Å². The minimum absolute atomic E-state index is 0.0250. The molecule has 0 heterocycles. The molecule has 0 aliphatic rings. The molecule has 1 N–H and O–H groups in total. The molecular weight excluding hydrogens is 290 g/mol. The van der Waals surface area contributed by atoms with E-state index in [1.165, 1.54) is 10.5 Å². The van der Waals surface area contributed by atoms with E-state index < -0.39 is 0 Å². The van der Waals surface area contributed by atoms with Gasteiger partial charge >= 0.3 is 0 Å². The Hall–Kier alpha value is -1.74. The van der Waals surface area contributed by atoms with Crippen molar-refractivity contribution in [3.8, 4) is 0 Å². The highest BCUT2D eigenvalue weighted by Crippen LogP contribution is 2.22. The number of carbonyl (C=O) groups is 1. The van der Waals surface area contributed by atoms with Crippen LogP contribution in [0.3, 0.4) is 0 Å². The molecule has 0 radical (unpaired) electrons. The van der Waals surface area contributed by atoms with E-state index in [2.05, 4.69) is 38.2 Å². The average molecular weight is 313 g/mol. The molecule has 2 aromatic carbocycles. The van der Waals surface area contributed by atoms with E-state index in [9.17, 15) is 4.79 Å². The van der Waals surface area contributed by atoms with Crippen molar-refractivity contribution >= 4 is 17.7 Å². The normalized spacial score (nSPS) is 10.7. The van der Waals surface area contributed by atoms with Gasteiger partial charge in [0.25, 0.3) is 5.91 Å². The molecule has 0 spiro atoms. The number of amides is 1. The molecular formula is C19H23NOS. The fraction of sp³-hybridized carbons (Fsp3) is 0.316. The van der Waals surface area contributed by atoms with Gasteiger partial charge in [0, 0.05) is 22.3 Å². The maximum atomic E-state index is 12.2. The summed E-state index contributed by atoms with van der Waals surface area (Å²) >= 11 is 1.80. The zero-order valence-corrected chi connectivity index (χ0v) is 14.2. The Balaban J connectivity index is 1.94. The standard InChI is InChI=1S/C19H23NOS/c1-4-15-6-5-7-16(12-15)13-20-19(21)17-8-10-18(11-9-17)22-14(2)3/h5-12,14H,4,13H2,1-3H3,(H,20,21). The summed E-state index contributed by atoms with van der Waals surface area (Å²) in [5.74, 6) is -0.0250. The summed E-state index contributed by atoms with van der Waals surface area (Å²) in [6.07, 6.45) is 1.01. The van der Waals surface area contributed by atoms with Gasteiger partial charge in [-0.05, 0) is 41.8 Å². The van der Waals surface area contributed by atoms with E-state index in [0.717, 1.165) is 12.0 Å². The van der Waals surface area contributed by atoms with Gasteiger partial charge in [0.15, 0.2) is 0 Å². The van der Waals surface area contributed by atoms with Gasteiger partial charge in [0.05, 0.1) is 0 Å².